The molecular formula is C21H25FN8O. The molecule has 3 N–H and O–H groups in total. The minimum atomic E-state index is -0.394. The van der Waals surface area contributed by atoms with Crippen LogP contribution in [0.15, 0.2) is 24.4 Å². The van der Waals surface area contributed by atoms with Crippen molar-refractivity contribution in [3.8, 4) is 5.88 Å². The van der Waals surface area contributed by atoms with Crippen LogP contribution in [0.4, 0.5) is 21.7 Å². The molecule has 4 aromatic rings. The molecule has 0 aliphatic carbocycles. The summed E-state index contributed by atoms with van der Waals surface area (Å²) in [6.07, 6.45) is 1.77. The van der Waals surface area contributed by atoms with Crippen molar-refractivity contribution in [2.75, 3.05) is 30.4 Å². The first-order valence-electron chi connectivity index (χ1n) is 10.3. The Morgan fingerprint density at radius 1 is 1.19 bits per heavy atom. The number of ether oxygens (including phenoxy) is 1. The van der Waals surface area contributed by atoms with Gasteiger partial charge in [0.1, 0.15) is 16.7 Å². The average molecular weight is 424 g/mol. The predicted molar refractivity (Wildman–Crippen MR) is 119 cm³/mol. The fourth-order valence-corrected chi connectivity index (χ4v) is 4.33. The molecule has 2 atom stereocenters. The molecule has 1 aromatic carbocycles. The zero-order valence-electron chi connectivity index (χ0n) is 17.9. The second-order valence-electron chi connectivity index (χ2n) is 8.18. The number of benzene rings is 1. The van der Waals surface area contributed by atoms with Gasteiger partial charge in [0, 0.05) is 55.6 Å². The third-order valence-corrected chi connectivity index (χ3v) is 5.51. The van der Waals surface area contributed by atoms with Crippen LogP contribution in [0, 0.1) is 5.82 Å². The van der Waals surface area contributed by atoms with Gasteiger partial charge in [-0.05, 0) is 26.0 Å². The molecule has 0 bridgehead atoms. The van der Waals surface area contributed by atoms with Gasteiger partial charge in [0.05, 0.1) is 12.6 Å². The van der Waals surface area contributed by atoms with E-state index in [1.165, 1.54) is 6.07 Å². The van der Waals surface area contributed by atoms with Crippen LogP contribution in [0.3, 0.4) is 0 Å². The van der Waals surface area contributed by atoms with Crippen LogP contribution in [0.5, 0.6) is 5.88 Å². The van der Waals surface area contributed by atoms with Crippen LogP contribution in [-0.4, -0.2) is 57.2 Å². The lowest BCUT2D eigenvalue weighted by Crippen LogP contribution is -2.54. The maximum atomic E-state index is 14.5. The molecule has 31 heavy (non-hydrogen) atoms. The number of aromatic amines is 1. The van der Waals surface area contributed by atoms with Gasteiger partial charge >= 0.3 is 0 Å². The number of rotatable bonds is 4. The van der Waals surface area contributed by atoms with Crippen molar-refractivity contribution in [1.29, 1.82) is 0 Å². The molecule has 1 aliphatic heterocycles. The Balaban J connectivity index is 1.52. The largest absolute Gasteiger partial charge is 0.480 e. The van der Waals surface area contributed by atoms with Crippen molar-refractivity contribution >= 4 is 39.1 Å². The first-order chi connectivity index (χ1) is 14.9. The lowest BCUT2D eigenvalue weighted by molar-refractivity contribution is 0.393. The van der Waals surface area contributed by atoms with E-state index in [0.717, 1.165) is 24.4 Å². The summed E-state index contributed by atoms with van der Waals surface area (Å²) in [5.74, 6) is 1.43. The van der Waals surface area contributed by atoms with Crippen LogP contribution in [-0.2, 0) is 7.05 Å². The second kappa shape index (κ2) is 7.38. The molecule has 1 fully saturated rings. The molecule has 0 saturated carbocycles. The van der Waals surface area contributed by atoms with Crippen LogP contribution in [0.25, 0.3) is 21.8 Å². The molecule has 1 saturated heterocycles. The molecule has 0 radical (unpaired) electrons. The number of aryl methyl sites for hydroxylation is 1. The number of anilines is 3. The van der Waals surface area contributed by atoms with Crippen LogP contribution < -0.4 is 20.3 Å². The number of pyridine rings is 1. The Morgan fingerprint density at radius 3 is 2.71 bits per heavy atom. The van der Waals surface area contributed by atoms with E-state index in [9.17, 15) is 4.39 Å². The number of H-pyrrole nitrogens is 1. The van der Waals surface area contributed by atoms with E-state index < -0.39 is 5.82 Å². The number of methoxy groups -OCH3 is 1. The number of nitrogens with one attached hydrogen (secondary N) is 3. The lowest BCUT2D eigenvalue weighted by atomic mass is 10.1. The van der Waals surface area contributed by atoms with Crippen molar-refractivity contribution in [1.82, 2.24) is 30.3 Å². The molecule has 0 spiro atoms. The summed E-state index contributed by atoms with van der Waals surface area (Å²) >= 11 is 0. The molecule has 5 rings (SSSR count). The van der Waals surface area contributed by atoms with E-state index in [1.54, 1.807) is 25.0 Å². The zero-order valence-corrected chi connectivity index (χ0v) is 17.9. The van der Waals surface area contributed by atoms with Crippen molar-refractivity contribution in [3.05, 3.63) is 30.2 Å². The molecule has 0 amide bonds. The fourth-order valence-electron chi connectivity index (χ4n) is 4.33. The summed E-state index contributed by atoms with van der Waals surface area (Å²) in [6, 6.07) is 5.95. The minimum Gasteiger partial charge on any atom is -0.480 e. The highest BCUT2D eigenvalue weighted by Crippen LogP contribution is 2.34. The zero-order chi connectivity index (χ0) is 21.7. The number of hydrogen-bond acceptors (Lipinski definition) is 7. The Morgan fingerprint density at radius 2 is 1.97 bits per heavy atom. The molecular weight excluding hydrogens is 399 g/mol. The monoisotopic (exact) mass is 424 g/mol. The van der Waals surface area contributed by atoms with E-state index in [0.29, 0.717) is 45.8 Å². The highest BCUT2D eigenvalue weighted by atomic mass is 19.1. The molecule has 1 aliphatic rings. The minimum absolute atomic E-state index is 0.336. The first kappa shape index (κ1) is 19.6. The molecule has 162 valence electrons. The lowest BCUT2D eigenvalue weighted by Gasteiger charge is -2.37. The summed E-state index contributed by atoms with van der Waals surface area (Å²) in [7, 11) is 3.36. The van der Waals surface area contributed by atoms with E-state index in [4.69, 9.17) is 9.72 Å². The van der Waals surface area contributed by atoms with Gasteiger partial charge in [-0.3, -0.25) is 9.78 Å². The first-order valence-corrected chi connectivity index (χ1v) is 10.3. The van der Waals surface area contributed by atoms with Crippen molar-refractivity contribution in [2.45, 2.75) is 25.9 Å². The molecule has 4 heterocycles. The smallest absolute Gasteiger partial charge is 0.228 e. The topological polar surface area (TPSA) is 95.9 Å². The van der Waals surface area contributed by atoms with Crippen LogP contribution in [0.2, 0.25) is 0 Å². The maximum absolute atomic E-state index is 14.5. The number of nitrogens with zero attached hydrogens (tertiary/aromatic N) is 5. The maximum Gasteiger partial charge on any atom is 0.228 e. The summed E-state index contributed by atoms with van der Waals surface area (Å²) in [5.41, 5.74) is 1.71. The van der Waals surface area contributed by atoms with Crippen LogP contribution >= 0.6 is 0 Å². The SMILES string of the molecule is COc1nc(N2C[C@@H](C)N[C@@H](C)C2)cc2[nH]nc(Nc3cc(F)c4nn(C)cc4c3)c12. The Hall–Kier alpha value is -3.40. The van der Waals surface area contributed by atoms with Gasteiger partial charge in [-0.1, -0.05) is 0 Å². The van der Waals surface area contributed by atoms with Gasteiger partial charge in [0.2, 0.25) is 5.88 Å². The Labute approximate surface area is 178 Å². The second-order valence-corrected chi connectivity index (χ2v) is 8.18. The normalized spacial score (nSPS) is 19.3. The average Bonchev–Trinajstić information content (AvgIpc) is 3.30. The summed E-state index contributed by atoms with van der Waals surface area (Å²) in [4.78, 5) is 6.99. The highest BCUT2D eigenvalue weighted by Gasteiger charge is 2.24. The third kappa shape index (κ3) is 3.52. The Kier molecular flexibility index (Phi) is 4.66. The van der Waals surface area contributed by atoms with Gasteiger partial charge < -0.3 is 20.3 Å². The van der Waals surface area contributed by atoms with Crippen molar-refractivity contribution in [3.63, 3.8) is 0 Å². The molecule has 3 aromatic heterocycles. The molecule has 9 nitrogen and oxygen atoms in total. The summed E-state index contributed by atoms with van der Waals surface area (Å²) in [6.45, 7) is 6.04. The van der Waals surface area contributed by atoms with E-state index in [2.05, 4.69) is 44.7 Å². The Bertz CT molecular complexity index is 1260. The van der Waals surface area contributed by atoms with Gasteiger partial charge in [-0.2, -0.15) is 15.2 Å². The number of hydrogen-bond donors (Lipinski definition) is 3. The number of piperazine rings is 1. The van der Waals surface area contributed by atoms with Crippen molar-refractivity contribution in [2.24, 2.45) is 7.05 Å². The highest BCUT2D eigenvalue weighted by molar-refractivity contribution is 5.97. The number of fused-ring (bicyclic) bond motifs is 2. The predicted octanol–water partition coefficient (Wildman–Crippen LogP) is 2.92. The van der Waals surface area contributed by atoms with Gasteiger partial charge in [0.15, 0.2) is 11.6 Å². The quantitative estimate of drug-likeness (QED) is 0.464. The van der Waals surface area contributed by atoms with E-state index in [1.807, 2.05) is 12.1 Å². The third-order valence-electron chi connectivity index (χ3n) is 5.51. The van der Waals surface area contributed by atoms with Gasteiger partial charge in [-0.15, -0.1) is 0 Å². The number of halogens is 1. The van der Waals surface area contributed by atoms with Gasteiger partial charge in [0.25, 0.3) is 0 Å². The van der Waals surface area contributed by atoms with Crippen LogP contribution in [0.1, 0.15) is 13.8 Å². The summed E-state index contributed by atoms with van der Waals surface area (Å²) < 4.78 is 21.7. The molecule has 0 unspecified atom stereocenters. The number of aromatic nitrogens is 5. The molecule has 10 heteroatoms. The van der Waals surface area contributed by atoms with E-state index >= 15 is 0 Å². The van der Waals surface area contributed by atoms with Crippen molar-refractivity contribution < 1.29 is 9.13 Å². The van der Waals surface area contributed by atoms with Gasteiger partial charge in [-0.25, -0.2) is 4.39 Å². The van der Waals surface area contributed by atoms with E-state index in [-0.39, 0.29) is 0 Å². The standard InChI is InChI=1S/C21H25FN8O/c1-11-8-30(9-12(2)23-11)17-7-16-18(21(25-17)31-4)20(27-26-16)24-14-5-13-10-29(3)28-19(13)15(22)6-14/h5-7,10-12,23H,8-9H2,1-4H3,(H2,24,26,27)/t11-,12+. The summed E-state index contributed by atoms with van der Waals surface area (Å²) in [5, 5.41) is 19.7. The fraction of sp³-hybridized carbons (Fsp3) is 0.381.